The Hall–Kier alpha value is -3.13. The van der Waals surface area contributed by atoms with Gasteiger partial charge in [0.1, 0.15) is 18.1 Å². The molecule has 30 heavy (non-hydrogen) atoms. The van der Waals surface area contributed by atoms with Gasteiger partial charge < -0.3 is 9.80 Å². The molecule has 1 saturated heterocycles. The Morgan fingerprint density at radius 1 is 1.13 bits per heavy atom. The van der Waals surface area contributed by atoms with E-state index in [1.807, 2.05) is 11.9 Å². The van der Waals surface area contributed by atoms with Crippen LogP contribution >= 0.6 is 0 Å². The molecule has 4 rings (SSSR count). The van der Waals surface area contributed by atoms with Gasteiger partial charge in [-0.25, -0.2) is 4.39 Å². The number of ketones is 1. The van der Waals surface area contributed by atoms with Gasteiger partial charge in [-0.05, 0) is 37.7 Å². The van der Waals surface area contributed by atoms with Crippen molar-refractivity contribution in [1.82, 2.24) is 24.6 Å². The van der Waals surface area contributed by atoms with Gasteiger partial charge in [0.2, 0.25) is 5.91 Å². The van der Waals surface area contributed by atoms with Gasteiger partial charge in [-0.15, -0.1) is 0 Å². The van der Waals surface area contributed by atoms with Crippen LogP contribution in [0.4, 0.5) is 4.39 Å². The second-order valence-electron chi connectivity index (χ2n) is 7.78. The number of hydrogen-bond acceptors (Lipinski definition) is 5. The van der Waals surface area contributed by atoms with E-state index < -0.39 is 5.82 Å². The molecule has 0 unspecified atom stereocenters. The lowest BCUT2D eigenvalue weighted by atomic mass is 10.0. The number of likely N-dealkylation sites (N-methyl/N-ethyl adjacent to an activating group) is 1. The Morgan fingerprint density at radius 2 is 1.90 bits per heavy atom. The number of aryl methyl sites for hydroxylation is 1. The number of halogens is 1. The van der Waals surface area contributed by atoms with Gasteiger partial charge in [0, 0.05) is 55.9 Å². The number of pyridine rings is 1. The van der Waals surface area contributed by atoms with Gasteiger partial charge in [0.05, 0.1) is 5.52 Å². The lowest BCUT2D eigenvalue weighted by Gasteiger charge is -2.32. The van der Waals surface area contributed by atoms with Crippen molar-refractivity contribution in [3.8, 4) is 0 Å². The predicted octanol–water partition coefficient (Wildman–Crippen LogP) is 2.08. The highest BCUT2D eigenvalue weighted by molar-refractivity contribution is 5.96. The summed E-state index contributed by atoms with van der Waals surface area (Å²) >= 11 is 0. The van der Waals surface area contributed by atoms with Crippen LogP contribution in [0, 0.1) is 12.7 Å². The predicted molar refractivity (Wildman–Crippen MR) is 111 cm³/mol. The standard InChI is InChI=1S/C22H24FN5O2/c1-15-4-3-5-19(24-15)21(29)11-16-10-17-13-28(25-20(17)12-18(16)23)14-22(30)27-8-6-26(2)7-9-27/h3-5,10,12-13H,6-9,11,14H2,1-2H3. The van der Waals surface area contributed by atoms with Crippen LogP contribution < -0.4 is 0 Å². The van der Waals surface area contributed by atoms with E-state index in [2.05, 4.69) is 15.0 Å². The number of fused-ring (bicyclic) bond motifs is 1. The third-order valence-corrected chi connectivity index (χ3v) is 5.40. The van der Waals surface area contributed by atoms with Gasteiger partial charge in [0.25, 0.3) is 0 Å². The molecule has 1 aliphatic heterocycles. The summed E-state index contributed by atoms with van der Waals surface area (Å²) in [4.78, 5) is 33.3. The molecule has 0 spiro atoms. The van der Waals surface area contributed by atoms with E-state index in [4.69, 9.17) is 0 Å². The minimum Gasteiger partial charge on any atom is -0.339 e. The second kappa shape index (κ2) is 8.31. The van der Waals surface area contributed by atoms with Crippen LogP contribution in [0.5, 0.6) is 0 Å². The third-order valence-electron chi connectivity index (χ3n) is 5.40. The largest absolute Gasteiger partial charge is 0.339 e. The average Bonchev–Trinajstić information content (AvgIpc) is 3.09. The summed E-state index contributed by atoms with van der Waals surface area (Å²) in [5.74, 6) is -0.731. The van der Waals surface area contributed by atoms with Crippen molar-refractivity contribution in [2.45, 2.75) is 19.9 Å². The quantitative estimate of drug-likeness (QED) is 0.604. The maximum atomic E-state index is 14.6. The van der Waals surface area contributed by atoms with Crippen molar-refractivity contribution in [2.75, 3.05) is 33.2 Å². The second-order valence-corrected chi connectivity index (χ2v) is 7.78. The number of benzene rings is 1. The van der Waals surface area contributed by atoms with Crippen molar-refractivity contribution in [3.05, 3.63) is 59.3 Å². The highest BCUT2D eigenvalue weighted by Gasteiger charge is 2.20. The molecule has 156 valence electrons. The maximum absolute atomic E-state index is 14.6. The Bertz CT molecular complexity index is 1100. The van der Waals surface area contributed by atoms with Gasteiger partial charge in [-0.2, -0.15) is 5.10 Å². The van der Waals surface area contributed by atoms with Crippen molar-refractivity contribution >= 4 is 22.6 Å². The Morgan fingerprint density at radius 3 is 2.63 bits per heavy atom. The van der Waals surface area contributed by atoms with Gasteiger partial charge in [-0.3, -0.25) is 19.3 Å². The molecule has 0 bridgehead atoms. The summed E-state index contributed by atoms with van der Waals surface area (Å²) in [5, 5.41) is 5.03. The molecule has 0 aliphatic carbocycles. The van der Waals surface area contributed by atoms with E-state index in [0.29, 0.717) is 35.2 Å². The number of nitrogens with zero attached hydrogens (tertiary/aromatic N) is 5. The zero-order valence-corrected chi connectivity index (χ0v) is 17.1. The van der Waals surface area contributed by atoms with E-state index in [9.17, 15) is 14.0 Å². The molecule has 8 heteroatoms. The van der Waals surface area contributed by atoms with E-state index in [1.54, 1.807) is 42.1 Å². The summed E-state index contributed by atoms with van der Waals surface area (Å²) in [5.41, 5.74) is 1.82. The number of carbonyl (C=O) groups is 2. The first-order valence-electron chi connectivity index (χ1n) is 9.98. The number of aromatic nitrogens is 3. The fraction of sp³-hybridized carbons (Fsp3) is 0.364. The fourth-order valence-electron chi connectivity index (χ4n) is 3.62. The number of piperazine rings is 1. The van der Waals surface area contributed by atoms with Crippen LogP contribution in [0.3, 0.4) is 0 Å². The van der Waals surface area contributed by atoms with Crippen molar-refractivity contribution in [2.24, 2.45) is 0 Å². The van der Waals surface area contributed by atoms with E-state index in [-0.39, 0.29) is 24.7 Å². The first-order valence-corrected chi connectivity index (χ1v) is 9.98. The highest BCUT2D eigenvalue weighted by Crippen LogP contribution is 2.20. The number of hydrogen-bond donors (Lipinski definition) is 0. The summed E-state index contributed by atoms with van der Waals surface area (Å²) < 4.78 is 16.1. The lowest BCUT2D eigenvalue weighted by Crippen LogP contribution is -2.48. The Balaban J connectivity index is 1.50. The van der Waals surface area contributed by atoms with Crippen molar-refractivity contribution in [1.29, 1.82) is 0 Å². The molecule has 1 amide bonds. The van der Waals surface area contributed by atoms with Gasteiger partial charge in [-0.1, -0.05) is 6.07 Å². The van der Waals surface area contributed by atoms with E-state index in [0.717, 1.165) is 18.8 Å². The highest BCUT2D eigenvalue weighted by atomic mass is 19.1. The van der Waals surface area contributed by atoms with Gasteiger partial charge in [0.15, 0.2) is 5.78 Å². The molecule has 3 aromatic rings. The Kier molecular flexibility index (Phi) is 5.59. The molecule has 1 aromatic carbocycles. The first-order chi connectivity index (χ1) is 14.4. The molecule has 7 nitrogen and oxygen atoms in total. The van der Waals surface area contributed by atoms with Crippen LogP contribution in [-0.4, -0.2) is 69.5 Å². The topological polar surface area (TPSA) is 71.3 Å². The first kappa shape index (κ1) is 20.2. The SMILES string of the molecule is Cc1cccc(C(=O)Cc2cc3cn(CC(=O)N4CCN(C)CC4)nc3cc2F)n1. The molecule has 3 heterocycles. The number of amides is 1. The fourth-order valence-corrected chi connectivity index (χ4v) is 3.62. The summed E-state index contributed by atoms with van der Waals surface area (Å²) in [6.45, 7) is 5.02. The molecule has 0 atom stereocenters. The summed E-state index contributed by atoms with van der Waals surface area (Å²) in [6, 6.07) is 8.15. The van der Waals surface area contributed by atoms with Gasteiger partial charge >= 0.3 is 0 Å². The van der Waals surface area contributed by atoms with Crippen molar-refractivity contribution in [3.63, 3.8) is 0 Å². The summed E-state index contributed by atoms with van der Waals surface area (Å²) in [6.07, 6.45) is 1.64. The normalized spacial score (nSPS) is 15.0. The maximum Gasteiger partial charge on any atom is 0.244 e. The lowest BCUT2D eigenvalue weighted by molar-refractivity contribution is -0.133. The molecular weight excluding hydrogens is 385 g/mol. The summed E-state index contributed by atoms with van der Waals surface area (Å²) in [7, 11) is 2.04. The number of Topliss-reactive ketones (excluding diaryl/α,β-unsaturated/α-hetero) is 1. The minimum absolute atomic E-state index is 0.00250. The smallest absolute Gasteiger partial charge is 0.244 e. The number of rotatable bonds is 5. The van der Waals surface area contributed by atoms with Crippen molar-refractivity contribution < 1.29 is 14.0 Å². The van der Waals surface area contributed by atoms with Crippen LogP contribution in [0.25, 0.3) is 10.9 Å². The zero-order chi connectivity index (χ0) is 21.3. The minimum atomic E-state index is -0.487. The average molecular weight is 409 g/mol. The molecule has 2 aromatic heterocycles. The molecular formula is C22H24FN5O2. The molecule has 0 saturated carbocycles. The van der Waals surface area contributed by atoms with Crippen LogP contribution in [0.15, 0.2) is 36.5 Å². The molecule has 0 N–H and O–H groups in total. The van der Waals surface area contributed by atoms with Crippen LogP contribution in [0.1, 0.15) is 21.7 Å². The third kappa shape index (κ3) is 4.38. The zero-order valence-electron chi connectivity index (χ0n) is 17.1. The Labute approximate surface area is 174 Å². The molecule has 1 aliphatic rings. The van der Waals surface area contributed by atoms with Crippen LogP contribution in [0.2, 0.25) is 0 Å². The monoisotopic (exact) mass is 409 g/mol. The van der Waals surface area contributed by atoms with E-state index in [1.165, 1.54) is 6.07 Å². The van der Waals surface area contributed by atoms with E-state index >= 15 is 0 Å². The van der Waals surface area contributed by atoms with Crippen LogP contribution in [-0.2, 0) is 17.8 Å². The molecule has 1 fully saturated rings. The number of carbonyl (C=O) groups excluding carboxylic acids is 2. The molecule has 0 radical (unpaired) electrons.